The highest BCUT2D eigenvalue weighted by molar-refractivity contribution is 5.77. The number of carbonyl (C=O) groups is 1. The van der Waals surface area contributed by atoms with E-state index < -0.39 is 0 Å². The fourth-order valence-corrected chi connectivity index (χ4v) is 3.80. The van der Waals surface area contributed by atoms with Crippen molar-refractivity contribution in [2.24, 2.45) is 5.41 Å². The van der Waals surface area contributed by atoms with Crippen LogP contribution >= 0.6 is 0 Å². The molecule has 0 atom stereocenters. The van der Waals surface area contributed by atoms with Crippen molar-refractivity contribution in [3.05, 3.63) is 35.9 Å². The van der Waals surface area contributed by atoms with Crippen LogP contribution in [0.5, 0.6) is 0 Å². The summed E-state index contributed by atoms with van der Waals surface area (Å²) in [6.07, 6.45) is 3.56. The summed E-state index contributed by atoms with van der Waals surface area (Å²) in [7, 11) is 1.59. The summed E-state index contributed by atoms with van der Waals surface area (Å²) in [5.74, 6) is 0.145. The maximum Gasteiger partial charge on any atom is 0.248 e. The van der Waals surface area contributed by atoms with Gasteiger partial charge >= 0.3 is 0 Å². The first-order valence-corrected chi connectivity index (χ1v) is 8.24. The van der Waals surface area contributed by atoms with Gasteiger partial charge in [-0.2, -0.15) is 0 Å². The molecule has 0 radical (unpaired) electrons. The molecular weight excluding hydrogens is 276 g/mol. The number of carbonyl (C=O) groups excluding carboxylic acids is 1. The third-order valence-electron chi connectivity index (χ3n) is 5.22. The van der Waals surface area contributed by atoms with Gasteiger partial charge in [0.2, 0.25) is 5.91 Å². The average molecular weight is 302 g/mol. The molecule has 0 bridgehead atoms. The molecule has 0 saturated carbocycles. The van der Waals surface area contributed by atoms with E-state index in [1.54, 1.807) is 7.11 Å². The lowest BCUT2D eigenvalue weighted by molar-refractivity contribution is -0.134. The Balaban J connectivity index is 1.50. The number of piperidine rings is 1. The molecule has 0 N–H and O–H groups in total. The van der Waals surface area contributed by atoms with Crippen molar-refractivity contribution in [2.75, 3.05) is 39.9 Å². The Kier molecular flexibility index (Phi) is 4.79. The molecule has 2 heterocycles. The van der Waals surface area contributed by atoms with Crippen molar-refractivity contribution in [1.29, 1.82) is 0 Å². The van der Waals surface area contributed by atoms with Gasteiger partial charge in [-0.3, -0.25) is 9.69 Å². The van der Waals surface area contributed by atoms with Crippen LogP contribution in [0.4, 0.5) is 0 Å². The summed E-state index contributed by atoms with van der Waals surface area (Å²) in [4.78, 5) is 16.5. The molecule has 4 heteroatoms. The molecule has 2 aliphatic rings. The van der Waals surface area contributed by atoms with Gasteiger partial charge in [0.1, 0.15) is 6.61 Å². The zero-order valence-corrected chi connectivity index (χ0v) is 13.5. The van der Waals surface area contributed by atoms with Crippen LogP contribution < -0.4 is 0 Å². The summed E-state index contributed by atoms with van der Waals surface area (Å²) >= 11 is 0. The van der Waals surface area contributed by atoms with Gasteiger partial charge in [-0.25, -0.2) is 0 Å². The zero-order chi connectivity index (χ0) is 15.4. The number of rotatable bonds is 4. The zero-order valence-electron chi connectivity index (χ0n) is 13.5. The number of methoxy groups -OCH3 is 1. The van der Waals surface area contributed by atoms with Crippen LogP contribution in [0.1, 0.15) is 24.8 Å². The lowest BCUT2D eigenvalue weighted by Gasteiger charge is -2.39. The lowest BCUT2D eigenvalue weighted by atomic mass is 9.77. The monoisotopic (exact) mass is 302 g/mol. The molecule has 1 aromatic carbocycles. The molecule has 120 valence electrons. The first kappa shape index (κ1) is 15.5. The fraction of sp³-hybridized carbons (Fsp3) is 0.611. The van der Waals surface area contributed by atoms with Gasteiger partial charge < -0.3 is 9.64 Å². The predicted octanol–water partition coefficient (Wildman–Crippen LogP) is 2.15. The van der Waals surface area contributed by atoms with E-state index in [4.69, 9.17) is 4.74 Å². The Labute approximate surface area is 133 Å². The predicted molar refractivity (Wildman–Crippen MR) is 86.5 cm³/mol. The van der Waals surface area contributed by atoms with Gasteiger partial charge in [0.05, 0.1) is 0 Å². The minimum atomic E-state index is 0.145. The average Bonchev–Trinajstić information content (AvgIpc) is 2.95. The molecule has 2 fully saturated rings. The SMILES string of the molecule is COCC(=O)N1CCC2(CCN(Cc3ccccc3)CC2)C1. The van der Waals surface area contributed by atoms with Crippen LogP contribution in [0, 0.1) is 5.41 Å². The molecule has 4 nitrogen and oxygen atoms in total. The highest BCUT2D eigenvalue weighted by Crippen LogP contribution is 2.40. The van der Waals surface area contributed by atoms with Crippen molar-refractivity contribution in [1.82, 2.24) is 9.80 Å². The highest BCUT2D eigenvalue weighted by atomic mass is 16.5. The quantitative estimate of drug-likeness (QED) is 0.854. The van der Waals surface area contributed by atoms with Crippen LogP contribution in [0.15, 0.2) is 30.3 Å². The van der Waals surface area contributed by atoms with Gasteiger partial charge in [-0.15, -0.1) is 0 Å². The number of hydrogen-bond acceptors (Lipinski definition) is 3. The topological polar surface area (TPSA) is 32.8 Å². The first-order chi connectivity index (χ1) is 10.7. The molecule has 22 heavy (non-hydrogen) atoms. The Morgan fingerprint density at radius 2 is 1.82 bits per heavy atom. The van der Waals surface area contributed by atoms with E-state index in [1.807, 2.05) is 4.90 Å². The van der Waals surface area contributed by atoms with E-state index >= 15 is 0 Å². The second-order valence-electron chi connectivity index (χ2n) is 6.76. The summed E-state index contributed by atoms with van der Waals surface area (Å²) in [6.45, 7) is 5.37. The third kappa shape index (κ3) is 3.50. The first-order valence-electron chi connectivity index (χ1n) is 8.24. The summed E-state index contributed by atoms with van der Waals surface area (Å²) in [5, 5.41) is 0. The van der Waals surface area contributed by atoms with Crippen molar-refractivity contribution in [3.8, 4) is 0 Å². The van der Waals surface area contributed by atoms with E-state index in [2.05, 4.69) is 35.2 Å². The van der Waals surface area contributed by atoms with E-state index in [0.717, 1.165) is 39.1 Å². The number of benzene rings is 1. The number of amides is 1. The molecular formula is C18H26N2O2. The van der Waals surface area contributed by atoms with E-state index in [1.165, 1.54) is 18.4 Å². The van der Waals surface area contributed by atoms with E-state index in [0.29, 0.717) is 5.41 Å². The van der Waals surface area contributed by atoms with Crippen LogP contribution in [-0.4, -0.2) is 55.6 Å². The van der Waals surface area contributed by atoms with Gasteiger partial charge in [-0.05, 0) is 43.3 Å². The van der Waals surface area contributed by atoms with Gasteiger partial charge in [0, 0.05) is 26.7 Å². The molecule has 1 aromatic rings. The Bertz CT molecular complexity index is 495. The second-order valence-corrected chi connectivity index (χ2v) is 6.76. The molecule has 0 unspecified atom stereocenters. The third-order valence-corrected chi connectivity index (χ3v) is 5.22. The van der Waals surface area contributed by atoms with Crippen LogP contribution in [0.3, 0.4) is 0 Å². The van der Waals surface area contributed by atoms with Gasteiger partial charge in [-0.1, -0.05) is 30.3 Å². The molecule has 1 spiro atoms. The second kappa shape index (κ2) is 6.80. The molecule has 0 aromatic heterocycles. The summed E-state index contributed by atoms with van der Waals surface area (Å²) in [5.41, 5.74) is 1.75. The maximum absolute atomic E-state index is 12.0. The van der Waals surface area contributed by atoms with Gasteiger partial charge in [0.25, 0.3) is 0 Å². The molecule has 1 amide bonds. The number of nitrogens with zero attached hydrogens (tertiary/aromatic N) is 2. The highest BCUT2D eigenvalue weighted by Gasteiger charge is 2.41. The molecule has 2 saturated heterocycles. The molecule has 3 rings (SSSR count). The maximum atomic E-state index is 12.0. The smallest absolute Gasteiger partial charge is 0.248 e. The Morgan fingerprint density at radius 1 is 1.14 bits per heavy atom. The van der Waals surface area contributed by atoms with Crippen LogP contribution in [-0.2, 0) is 16.1 Å². The van der Waals surface area contributed by atoms with E-state index in [-0.39, 0.29) is 12.5 Å². The van der Waals surface area contributed by atoms with E-state index in [9.17, 15) is 4.79 Å². The summed E-state index contributed by atoms with van der Waals surface area (Å²) < 4.78 is 4.98. The number of hydrogen-bond donors (Lipinski definition) is 0. The van der Waals surface area contributed by atoms with Crippen LogP contribution in [0.25, 0.3) is 0 Å². The molecule has 0 aliphatic carbocycles. The van der Waals surface area contributed by atoms with Gasteiger partial charge in [0.15, 0.2) is 0 Å². The lowest BCUT2D eigenvalue weighted by Crippen LogP contribution is -2.42. The fourth-order valence-electron chi connectivity index (χ4n) is 3.80. The Hall–Kier alpha value is -1.39. The van der Waals surface area contributed by atoms with Crippen molar-refractivity contribution >= 4 is 5.91 Å². The van der Waals surface area contributed by atoms with Crippen LogP contribution in [0.2, 0.25) is 0 Å². The molecule has 2 aliphatic heterocycles. The summed E-state index contributed by atoms with van der Waals surface area (Å²) in [6, 6.07) is 10.7. The standard InChI is InChI=1S/C18H26N2O2/c1-22-14-17(21)20-12-9-18(15-20)7-10-19(11-8-18)13-16-5-3-2-4-6-16/h2-6H,7-15H2,1H3. The minimum Gasteiger partial charge on any atom is -0.375 e. The normalized spacial score (nSPS) is 21.4. The Morgan fingerprint density at radius 3 is 2.50 bits per heavy atom. The minimum absolute atomic E-state index is 0.145. The largest absolute Gasteiger partial charge is 0.375 e. The van der Waals surface area contributed by atoms with Crippen molar-refractivity contribution < 1.29 is 9.53 Å². The van der Waals surface area contributed by atoms with Crippen molar-refractivity contribution in [3.63, 3.8) is 0 Å². The number of likely N-dealkylation sites (tertiary alicyclic amines) is 2. The van der Waals surface area contributed by atoms with Crippen molar-refractivity contribution in [2.45, 2.75) is 25.8 Å². The number of ether oxygens (including phenoxy) is 1.